The molecular weight excluding hydrogens is 462 g/mol. The fraction of sp³-hybridized carbons (Fsp3) is 0.364. The molecule has 1 heterocycles. The van der Waals surface area contributed by atoms with E-state index in [9.17, 15) is 28.1 Å². The predicted molar refractivity (Wildman–Crippen MR) is 126 cm³/mol. The monoisotopic (exact) mass is 489 g/mol. The number of nitro groups is 1. The molecule has 0 bridgehead atoms. The summed E-state index contributed by atoms with van der Waals surface area (Å²) in [4.78, 5) is 38.7. The largest absolute Gasteiger partial charge is 0.355 e. The van der Waals surface area contributed by atoms with E-state index in [4.69, 9.17) is 0 Å². The molecule has 11 nitrogen and oxygen atoms in total. The van der Waals surface area contributed by atoms with Gasteiger partial charge in [0, 0.05) is 44.9 Å². The number of para-hydroxylation sites is 1. The number of nitro benzene ring substituents is 1. The summed E-state index contributed by atoms with van der Waals surface area (Å²) >= 11 is 0. The van der Waals surface area contributed by atoms with Crippen molar-refractivity contribution in [2.45, 2.75) is 18.2 Å². The van der Waals surface area contributed by atoms with E-state index < -0.39 is 14.9 Å². The molecule has 182 valence electrons. The van der Waals surface area contributed by atoms with Gasteiger partial charge in [0.15, 0.2) is 0 Å². The van der Waals surface area contributed by atoms with E-state index in [-0.39, 0.29) is 40.2 Å². The number of carbonyl (C=O) groups is 2. The number of hydrogen-bond donors (Lipinski definition) is 2. The van der Waals surface area contributed by atoms with Crippen LogP contribution in [0.4, 0.5) is 11.4 Å². The van der Waals surface area contributed by atoms with Gasteiger partial charge in [0.2, 0.25) is 5.91 Å². The second-order valence-electron chi connectivity index (χ2n) is 7.82. The van der Waals surface area contributed by atoms with Crippen LogP contribution in [0.1, 0.15) is 23.7 Å². The molecule has 1 saturated heterocycles. The molecule has 0 atom stereocenters. The van der Waals surface area contributed by atoms with Gasteiger partial charge in [0.1, 0.15) is 0 Å². The number of nitrogens with one attached hydrogen (secondary N) is 2. The van der Waals surface area contributed by atoms with Crippen LogP contribution in [-0.4, -0.2) is 74.2 Å². The van der Waals surface area contributed by atoms with Crippen LogP contribution in [0.25, 0.3) is 0 Å². The molecule has 2 amide bonds. The number of non-ortho nitro benzene ring substituents is 1. The molecule has 1 fully saturated rings. The van der Waals surface area contributed by atoms with E-state index in [1.54, 1.807) is 17.0 Å². The standard InChI is InChI=1S/C22H27N5O6S/c1-2-10-23-21(28)16-25-11-13-26(14-12-25)22(29)19-8-3-4-9-20(19)24-34(32,33)18-7-5-6-17(15-18)27(30)31/h3-9,15,24H,2,10-14,16H2,1H3,(H,23,28). The highest BCUT2D eigenvalue weighted by molar-refractivity contribution is 7.92. The minimum atomic E-state index is -4.16. The Labute approximate surface area is 197 Å². The molecule has 0 saturated carbocycles. The van der Waals surface area contributed by atoms with Gasteiger partial charge in [0.25, 0.3) is 21.6 Å². The molecule has 2 aromatic carbocycles. The Morgan fingerprint density at radius 1 is 1.06 bits per heavy atom. The zero-order valence-corrected chi connectivity index (χ0v) is 19.6. The van der Waals surface area contributed by atoms with Crippen molar-refractivity contribution >= 4 is 33.2 Å². The minimum absolute atomic E-state index is 0.0532. The Kier molecular flexibility index (Phi) is 8.18. The lowest BCUT2D eigenvalue weighted by Gasteiger charge is -2.34. The van der Waals surface area contributed by atoms with E-state index >= 15 is 0 Å². The normalized spacial score (nSPS) is 14.4. The first kappa shape index (κ1) is 25.1. The molecule has 0 unspecified atom stereocenters. The molecule has 0 spiro atoms. The quantitative estimate of drug-likeness (QED) is 0.403. The highest BCUT2D eigenvalue weighted by Gasteiger charge is 2.26. The van der Waals surface area contributed by atoms with Crippen molar-refractivity contribution in [3.8, 4) is 0 Å². The van der Waals surface area contributed by atoms with Gasteiger partial charge in [-0.25, -0.2) is 8.42 Å². The highest BCUT2D eigenvalue weighted by Crippen LogP contribution is 2.24. The average molecular weight is 490 g/mol. The van der Waals surface area contributed by atoms with Crippen molar-refractivity contribution in [3.63, 3.8) is 0 Å². The van der Waals surface area contributed by atoms with Crippen LogP contribution in [-0.2, 0) is 14.8 Å². The number of amides is 2. The molecule has 3 rings (SSSR count). The molecular formula is C22H27N5O6S. The van der Waals surface area contributed by atoms with Crippen LogP contribution in [0.5, 0.6) is 0 Å². The molecule has 1 aliphatic heterocycles. The molecule has 0 radical (unpaired) electrons. The third kappa shape index (κ3) is 6.29. The Morgan fingerprint density at radius 2 is 1.76 bits per heavy atom. The molecule has 34 heavy (non-hydrogen) atoms. The zero-order valence-electron chi connectivity index (χ0n) is 18.8. The fourth-order valence-electron chi connectivity index (χ4n) is 3.53. The van der Waals surface area contributed by atoms with Gasteiger partial charge in [-0.3, -0.25) is 29.3 Å². The van der Waals surface area contributed by atoms with E-state index in [1.165, 1.54) is 30.3 Å². The molecule has 2 aromatic rings. The maximum absolute atomic E-state index is 13.2. The van der Waals surface area contributed by atoms with Gasteiger partial charge in [0.05, 0.1) is 27.6 Å². The number of benzene rings is 2. The summed E-state index contributed by atoms with van der Waals surface area (Å²) in [7, 11) is -4.16. The van der Waals surface area contributed by atoms with Gasteiger partial charge < -0.3 is 10.2 Å². The van der Waals surface area contributed by atoms with E-state index in [0.29, 0.717) is 32.7 Å². The number of anilines is 1. The smallest absolute Gasteiger partial charge is 0.270 e. The van der Waals surface area contributed by atoms with Crippen molar-refractivity contribution in [1.29, 1.82) is 0 Å². The topological polar surface area (TPSA) is 142 Å². The van der Waals surface area contributed by atoms with Gasteiger partial charge in [-0.2, -0.15) is 0 Å². The number of carbonyl (C=O) groups excluding carboxylic acids is 2. The van der Waals surface area contributed by atoms with Crippen molar-refractivity contribution in [2.75, 3.05) is 44.0 Å². The van der Waals surface area contributed by atoms with Crippen LogP contribution in [0.3, 0.4) is 0 Å². The number of nitrogens with zero attached hydrogens (tertiary/aromatic N) is 3. The van der Waals surface area contributed by atoms with Crippen molar-refractivity contribution < 1.29 is 22.9 Å². The Hall–Kier alpha value is -3.51. The Bertz CT molecular complexity index is 1160. The second kappa shape index (κ2) is 11.1. The van der Waals surface area contributed by atoms with E-state index in [1.807, 2.05) is 11.8 Å². The first-order valence-electron chi connectivity index (χ1n) is 10.9. The zero-order chi connectivity index (χ0) is 24.7. The Balaban J connectivity index is 1.70. The summed E-state index contributed by atoms with van der Waals surface area (Å²) in [5, 5.41) is 13.8. The minimum Gasteiger partial charge on any atom is -0.355 e. The van der Waals surface area contributed by atoms with Crippen LogP contribution in [0.2, 0.25) is 0 Å². The third-order valence-corrected chi connectivity index (χ3v) is 6.70. The SMILES string of the molecule is CCCNC(=O)CN1CCN(C(=O)c2ccccc2NS(=O)(=O)c2cccc([N+](=O)[O-])c2)CC1. The molecule has 0 aliphatic carbocycles. The number of sulfonamides is 1. The van der Waals surface area contributed by atoms with Crippen LogP contribution in [0, 0.1) is 10.1 Å². The maximum atomic E-state index is 13.2. The lowest BCUT2D eigenvalue weighted by atomic mass is 10.1. The van der Waals surface area contributed by atoms with Gasteiger partial charge in [-0.15, -0.1) is 0 Å². The first-order valence-corrected chi connectivity index (χ1v) is 12.3. The first-order chi connectivity index (χ1) is 16.2. The van der Waals surface area contributed by atoms with Crippen molar-refractivity contribution in [3.05, 3.63) is 64.2 Å². The summed E-state index contributed by atoms with van der Waals surface area (Å²) in [5.41, 5.74) is -0.0977. The highest BCUT2D eigenvalue weighted by atomic mass is 32.2. The Morgan fingerprint density at radius 3 is 2.44 bits per heavy atom. The van der Waals surface area contributed by atoms with E-state index in [2.05, 4.69) is 10.0 Å². The van der Waals surface area contributed by atoms with Gasteiger partial charge in [-0.05, 0) is 24.6 Å². The van der Waals surface area contributed by atoms with Crippen LogP contribution in [0.15, 0.2) is 53.4 Å². The molecule has 2 N–H and O–H groups in total. The number of piperazine rings is 1. The second-order valence-corrected chi connectivity index (χ2v) is 9.51. The number of rotatable bonds is 9. The van der Waals surface area contributed by atoms with E-state index in [0.717, 1.165) is 12.5 Å². The summed E-state index contributed by atoms with van der Waals surface area (Å²) in [6, 6.07) is 10.9. The van der Waals surface area contributed by atoms with Gasteiger partial charge in [-0.1, -0.05) is 25.1 Å². The summed E-state index contributed by atoms with van der Waals surface area (Å²) in [6.45, 7) is 4.70. The molecule has 12 heteroatoms. The molecule has 0 aromatic heterocycles. The summed E-state index contributed by atoms with van der Waals surface area (Å²) < 4.78 is 28.1. The van der Waals surface area contributed by atoms with Crippen molar-refractivity contribution in [1.82, 2.24) is 15.1 Å². The van der Waals surface area contributed by atoms with Gasteiger partial charge >= 0.3 is 0 Å². The van der Waals surface area contributed by atoms with Crippen LogP contribution < -0.4 is 10.0 Å². The lowest BCUT2D eigenvalue weighted by Crippen LogP contribution is -2.51. The lowest BCUT2D eigenvalue weighted by molar-refractivity contribution is -0.385. The summed E-state index contributed by atoms with van der Waals surface area (Å²) in [5.74, 6) is -0.394. The predicted octanol–water partition coefficient (Wildman–Crippen LogP) is 1.68. The number of hydrogen-bond acceptors (Lipinski definition) is 7. The maximum Gasteiger partial charge on any atom is 0.270 e. The molecule has 1 aliphatic rings. The van der Waals surface area contributed by atoms with Crippen LogP contribution >= 0.6 is 0 Å². The fourth-order valence-corrected chi connectivity index (χ4v) is 4.65. The summed E-state index contributed by atoms with van der Waals surface area (Å²) in [6.07, 6.45) is 0.859. The van der Waals surface area contributed by atoms with Crippen molar-refractivity contribution in [2.24, 2.45) is 0 Å². The third-order valence-electron chi connectivity index (χ3n) is 5.34. The average Bonchev–Trinajstić information content (AvgIpc) is 2.83.